The molecule has 0 unspecified atom stereocenters. The fraction of sp³-hybridized carbons (Fsp3) is 0.720. The number of hydrogen-bond acceptors (Lipinski definition) is 2. The second-order valence-corrected chi connectivity index (χ2v) is 14.2. The molecule has 0 saturated heterocycles. The number of aliphatic imine (C=N–C) groups is 1. The zero-order valence-electron chi connectivity index (χ0n) is 18.2. The van der Waals surface area contributed by atoms with Gasteiger partial charge in [-0.15, -0.1) is 0 Å². The molecule has 0 amide bonds. The summed E-state index contributed by atoms with van der Waals surface area (Å²) < 4.78 is 0. The third kappa shape index (κ3) is 5.20. The Morgan fingerprint density at radius 1 is 1.03 bits per heavy atom. The second-order valence-electron chi connectivity index (χ2n) is 10.5. The van der Waals surface area contributed by atoms with Crippen LogP contribution in [0.25, 0.3) is 0 Å². The summed E-state index contributed by atoms with van der Waals surface area (Å²) in [4.78, 5) is 4.77. The van der Waals surface area contributed by atoms with E-state index in [0.717, 1.165) is 35.8 Å². The molecule has 2 nitrogen and oxygen atoms in total. The maximum absolute atomic E-state index is 11.2. The van der Waals surface area contributed by atoms with Crippen molar-refractivity contribution < 1.29 is 26.0 Å². The van der Waals surface area contributed by atoms with Crippen LogP contribution in [0.2, 0.25) is 0 Å². The average molecular weight is 528 g/mol. The molecular formula is C25H35Cl2NOZr. The van der Waals surface area contributed by atoms with Gasteiger partial charge in [0.15, 0.2) is 0 Å². The average Bonchev–Trinajstić information content (AvgIpc) is 2.70. The molecule has 5 heteroatoms. The third-order valence-corrected chi connectivity index (χ3v) is 8.21. The third-order valence-electron chi connectivity index (χ3n) is 8.21. The number of rotatable bonds is 4. The van der Waals surface area contributed by atoms with Gasteiger partial charge in [-0.1, -0.05) is 25.3 Å². The quantitative estimate of drug-likeness (QED) is 0.403. The minimum atomic E-state index is -0.826. The predicted molar refractivity (Wildman–Crippen MR) is 123 cm³/mol. The number of halogens is 2. The van der Waals surface area contributed by atoms with Crippen LogP contribution >= 0.6 is 17.0 Å². The van der Waals surface area contributed by atoms with E-state index in [1.165, 1.54) is 81.8 Å². The number of aromatic hydroxyl groups is 1. The Morgan fingerprint density at radius 3 is 2.17 bits per heavy atom. The van der Waals surface area contributed by atoms with E-state index in [1.54, 1.807) is 0 Å². The summed E-state index contributed by atoms with van der Waals surface area (Å²) in [6, 6.07) is 4.42. The summed E-state index contributed by atoms with van der Waals surface area (Å²) in [5, 5.41) is 11.2. The number of nitrogens with zero attached hydrogens (tertiary/aromatic N) is 1. The van der Waals surface area contributed by atoms with Crippen LogP contribution in [0.5, 0.6) is 5.75 Å². The number of phenols is 1. The Kier molecular flexibility index (Phi) is 8.08. The summed E-state index contributed by atoms with van der Waals surface area (Å²) in [6.07, 6.45) is 17.0. The maximum atomic E-state index is 11.2. The summed E-state index contributed by atoms with van der Waals surface area (Å²) in [6.45, 7) is 3.11. The van der Waals surface area contributed by atoms with Crippen LogP contribution < -0.4 is 0 Å². The predicted octanol–water partition coefficient (Wildman–Crippen LogP) is 7.54. The fourth-order valence-corrected chi connectivity index (χ4v) is 7.42. The zero-order chi connectivity index (χ0) is 21.1. The molecule has 30 heavy (non-hydrogen) atoms. The molecule has 1 aromatic carbocycles. The first-order chi connectivity index (χ1) is 14.5. The van der Waals surface area contributed by atoms with Gasteiger partial charge in [0.05, 0.1) is 0 Å². The normalized spacial score (nSPS) is 32.8. The van der Waals surface area contributed by atoms with Gasteiger partial charge in [-0.25, -0.2) is 0 Å². The fourth-order valence-electron chi connectivity index (χ4n) is 7.42. The number of hydrogen-bond donors (Lipinski definition) is 1. The van der Waals surface area contributed by atoms with Gasteiger partial charge in [0.1, 0.15) is 5.75 Å². The standard InChI is InChI=1S/C25H35NO.2ClH.Zr/c1-17-7-22(16-26-15-18-5-3-2-4-6-18)24(27)23(8-17)25-12-19-9-20(13-25)11-21(10-19)14-25;;;/h7-8,16,18-21,27H,2-6,9-15H2,1H3;2*1H;/q;;;+2/p-2. The Labute approximate surface area is 200 Å². The van der Waals surface area contributed by atoms with Crippen molar-refractivity contribution >= 4 is 23.2 Å². The van der Waals surface area contributed by atoms with Crippen molar-refractivity contribution in [1.29, 1.82) is 0 Å². The van der Waals surface area contributed by atoms with Crippen LogP contribution in [0.1, 0.15) is 87.3 Å². The summed E-state index contributed by atoms with van der Waals surface area (Å²) in [5.74, 6) is 4.00. The van der Waals surface area contributed by atoms with E-state index in [9.17, 15) is 5.11 Å². The molecule has 0 atom stereocenters. The van der Waals surface area contributed by atoms with Gasteiger partial charge in [-0.2, -0.15) is 0 Å². The van der Waals surface area contributed by atoms with Gasteiger partial charge in [-0.3, -0.25) is 4.99 Å². The van der Waals surface area contributed by atoms with Gasteiger partial charge in [0.25, 0.3) is 0 Å². The van der Waals surface area contributed by atoms with Crippen LogP contribution in [-0.4, -0.2) is 17.9 Å². The minimum absolute atomic E-state index is 0.247. The van der Waals surface area contributed by atoms with Crippen molar-refractivity contribution in [3.63, 3.8) is 0 Å². The first-order valence-corrected chi connectivity index (χ1v) is 18.2. The SMILES string of the molecule is Cc1cc(C=NCC2CCCCC2)c(O)c(C23CC4CC(CC(C4)C2)C3)c1.[Cl][Zr][Cl]. The van der Waals surface area contributed by atoms with Gasteiger partial charge in [-0.05, 0) is 99.0 Å². The van der Waals surface area contributed by atoms with Gasteiger partial charge in [0, 0.05) is 23.9 Å². The van der Waals surface area contributed by atoms with E-state index in [1.807, 2.05) is 6.21 Å². The summed E-state index contributed by atoms with van der Waals surface area (Å²) in [5.41, 5.74) is 3.73. The molecule has 5 aliphatic carbocycles. The van der Waals surface area contributed by atoms with E-state index in [-0.39, 0.29) is 5.41 Å². The van der Waals surface area contributed by atoms with Gasteiger partial charge < -0.3 is 5.11 Å². The van der Waals surface area contributed by atoms with E-state index in [4.69, 9.17) is 22.0 Å². The number of aryl methyl sites for hydroxylation is 1. The Morgan fingerprint density at radius 2 is 1.60 bits per heavy atom. The van der Waals surface area contributed by atoms with Crippen molar-refractivity contribution in [2.75, 3.05) is 6.54 Å². The molecule has 4 bridgehead atoms. The first kappa shape index (κ1) is 23.3. The van der Waals surface area contributed by atoms with Gasteiger partial charge >= 0.3 is 37.9 Å². The van der Waals surface area contributed by atoms with E-state index >= 15 is 0 Å². The molecule has 1 aromatic rings. The number of benzene rings is 1. The molecule has 164 valence electrons. The van der Waals surface area contributed by atoms with E-state index in [0.29, 0.717) is 5.75 Å². The van der Waals surface area contributed by atoms with E-state index in [2.05, 4.69) is 19.1 Å². The van der Waals surface area contributed by atoms with Crippen molar-refractivity contribution in [2.24, 2.45) is 28.7 Å². The first-order valence-electron chi connectivity index (χ1n) is 11.8. The molecule has 0 heterocycles. The van der Waals surface area contributed by atoms with Crippen LogP contribution in [0.4, 0.5) is 0 Å². The molecule has 0 aliphatic heterocycles. The van der Waals surface area contributed by atoms with Crippen molar-refractivity contribution in [2.45, 2.75) is 83.0 Å². The van der Waals surface area contributed by atoms with Crippen molar-refractivity contribution in [3.05, 3.63) is 28.8 Å². The van der Waals surface area contributed by atoms with Crippen LogP contribution in [0.3, 0.4) is 0 Å². The monoisotopic (exact) mass is 525 g/mol. The Balaban J connectivity index is 0.000000687. The molecule has 0 aromatic heterocycles. The molecule has 5 fully saturated rings. The van der Waals surface area contributed by atoms with Crippen molar-refractivity contribution in [3.8, 4) is 5.75 Å². The molecule has 5 saturated carbocycles. The van der Waals surface area contributed by atoms with Gasteiger partial charge in [0.2, 0.25) is 0 Å². The summed E-state index contributed by atoms with van der Waals surface area (Å²) >= 11 is -0.826. The van der Waals surface area contributed by atoms with Crippen LogP contribution in [-0.2, 0) is 26.3 Å². The summed E-state index contributed by atoms with van der Waals surface area (Å²) in [7, 11) is 9.87. The second kappa shape index (κ2) is 10.4. The molecular weight excluding hydrogens is 492 g/mol. The number of phenolic OH excluding ortho intramolecular Hbond substituents is 1. The van der Waals surface area contributed by atoms with Crippen LogP contribution in [0, 0.1) is 30.6 Å². The molecule has 6 rings (SSSR count). The Bertz CT molecular complexity index is 724. The Hall–Kier alpha value is 0.153. The van der Waals surface area contributed by atoms with E-state index < -0.39 is 20.8 Å². The topological polar surface area (TPSA) is 32.6 Å². The van der Waals surface area contributed by atoms with Crippen molar-refractivity contribution in [1.82, 2.24) is 0 Å². The molecule has 5 aliphatic rings. The molecule has 1 N–H and O–H groups in total. The molecule has 0 spiro atoms. The zero-order valence-corrected chi connectivity index (χ0v) is 22.1. The molecule has 0 radical (unpaired) electrons. The van der Waals surface area contributed by atoms with Crippen LogP contribution in [0.15, 0.2) is 17.1 Å².